The zero-order chi connectivity index (χ0) is 13.4. The van der Waals surface area contributed by atoms with E-state index in [9.17, 15) is 9.59 Å². The molecule has 0 aliphatic carbocycles. The lowest BCUT2D eigenvalue weighted by Crippen LogP contribution is -2.23. The number of aliphatic hydroxyl groups is 1. The zero-order valence-electron chi connectivity index (χ0n) is 10.4. The van der Waals surface area contributed by atoms with E-state index in [0.29, 0.717) is 16.4 Å². The van der Waals surface area contributed by atoms with Gasteiger partial charge in [0.2, 0.25) is 5.91 Å². The Morgan fingerprint density at radius 1 is 1.28 bits per heavy atom. The zero-order valence-corrected chi connectivity index (χ0v) is 11.2. The van der Waals surface area contributed by atoms with Crippen molar-refractivity contribution in [2.24, 2.45) is 0 Å². The fourth-order valence-electron chi connectivity index (χ4n) is 1.40. The molecule has 0 spiro atoms. The summed E-state index contributed by atoms with van der Waals surface area (Å²) < 4.78 is 0. The SMILES string of the molecule is CC(=O)Nc1ccc(C(=O)NCCCCCO)s1. The first kappa shape index (κ1) is 14.7. The first-order chi connectivity index (χ1) is 8.63. The van der Waals surface area contributed by atoms with Crippen LogP contribution in [-0.2, 0) is 4.79 Å². The predicted octanol–water partition coefficient (Wildman–Crippen LogP) is 1.60. The summed E-state index contributed by atoms with van der Waals surface area (Å²) in [7, 11) is 0. The number of anilines is 1. The maximum atomic E-state index is 11.7. The van der Waals surface area contributed by atoms with Crippen LogP contribution in [0.25, 0.3) is 0 Å². The number of nitrogens with one attached hydrogen (secondary N) is 2. The monoisotopic (exact) mass is 270 g/mol. The molecule has 1 aromatic heterocycles. The summed E-state index contributed by atoms with van der Waals surface area (Å²) in [5, 5.41) is 14.7. The molecule has 1 rings (SSSR count). The number of rotatable bonds is 7. The molecule has 0 radical (unpaired) electrons. The van der Waals surface area contributed by atoms with E-state index in [1.807, 2.05) is 0 Å². The lowest BCUT2D eigenvalue weighted by molar-refractivity contribution is -0.114. The van der Waals surface area contributed by atoms with E-state index in [2.05, 4.69) is 10.6 Å². The van der Waals surface area contributed by atoms with Gasteiger partial charge in [0, 0.05) is 20.1 Å². The summed E-state index contributed by atoms with van der Waals surface area (Å²) in [6, 6.07) is 3.41. The van der Waals surface area contributed by atoms with E-state index in [0.717, 1.165) is 19.3 Å². The first-order valence-electron chi connectivity index (χ1n) is 5.90. The van der Waals surface area contributed by atoms with Gasteiger partial charge in [0.05, 0.1) is 9.88 Å². The van der Waals surface area contributed by atoms with Crippen molar-refractivity contribution >= 4 is 28.2 Å². The summed E-state index contributed by atoms with van der Waals surface area (Å²) in [6.45, 7) is 2.23. The molecule has 1 aromatic rings. The minimum Gasteiger partial charge on any atom is -0.396 e. The summed E-state index contributed by atoms with van der Waals surface area (Å²) in [5.74, 6) is -0.270. The van der Waals surface area contributed by atoms with Gasteiger partial charge in [-0.2, -0.15) is 0 Å². The number of unbranched alkanes of at least 4 members (excludes halogenated alkanes) is 2. The largest absolute Gasteiger partial charge is 0.396 e. The van der Waals surface area contributed by atoms with Gasteiger partial charge in [-0.3, -0.25) is 9.59 Å². The average Bonchev–Trinajstić information content (AvgIpc) is 2.76. The number of aliphatic hydroxyl groups excluding tert-OH is 1. The molecule has 0 saturated carbocycles. The molecule has 6 heteroatoms. The minimum atomic E-state index is -0.146. The smallest absolute Gasteiger partial charge is 0.261 e. The Kier molecular flexibility index (Phi) is 6.38. The van der Waals surface area contributed by atoms with Crippen LogP contribution in [0.5, 0.6) is 0 Å². The molecule has 0 fully saturated rings. The van der Waals surface area contributed by atoms with Crippen LogP contribution in [-0.4, -0.2) is 30.1 Å². The van der Waals surface area contributed by atoms with Crippen molar-refractivity contribution in [2.75, 3.05) is 18.5 Å². The van der Waals surface area contributed by atoms with Crippen LogP contribution in [0.4, 0.5) is 5.00 Å². The van der Waals surface area contributed by atoms with E-state index in [-0.39, 0.29) is 18.4 Å². The first-order valence-corrected chi connectivity index (χ1v) is 6.71. The highest BCUT2D eigenvalue weighted by atomic mass is 32.1. The van der Waals surface area contributed by atoms with Gasteiger partial charge < -0.3 is 15.7 Å². The van der Waals surface area contributed by atoms with Crippen LogP contribution in [0.1, 0.15) is 35.9 Å². The van der Waals surface area contributed by atoms with E-state index in [1.165, 1.54) is 18.3 Å². The fraction of sp³-hybridized carbons (Fsp3) is 0.500. The standard InChI is InChI=1S/C12H18N2O3S/c1-9(16)14-11-6-5-10(18-11)12(17)13-7-3-2-4-8-15/h5-6,15H,2-4,7-8H2,1H3,(H,13,17)(H,14,16). The molecule has 0 aromatic carbocycles. The quantitative estimate of drug-likeness (QED) is 0.658. The van der Waals surface area contributed by atoms with E-state index >= 15 is 0 Å². The molecule has 0 aliphatic rings. The second-order valence-corrected chi connectivity index (χ2v) is 4.97. The van der Waals surface area contributed by atoms with Crippen molar-refractivity contribution < 1.29 is 14.7 Å². The lowest BCUT2D eigenvalue weighted by atomic mass is 10.2. The van der Waals surface area contributed by atoms with Crippen LogP contribution in [0.15, 0.2) is 12.1 Å². The van der Waals surface area contributed by atoms with Crippen molar-refractivity contribution in [1.29, 1.82) is 0 Å². The Morgan fingerprint density at radius 2 is 2.06 bits per heavy atom. The van der Waals surface area contributed by atoms with Gasteiger partial charge in [-0.15, -0.1) is 11.3 Å². The average molecular weight is 270 g/mol. The maximum Gasteiger partial charge on any atom is 0.261 e. The number of carbonyl (C=O) groups excluding carboxylic acids is 2. The Hall–Kier alpha value is -1.40. The molecule has 2 amide bonds. The van der Waals surface area contributed by atoms with Crippen molar-refractivity contribution in [1.82, 2.24) is 5.32 Å². The second kappa shape index (κ2) is 7.84. The fourth-order valence-corrected chi connectivity index (χ4v) is 2.27. The Labute approximate surface area is 110 Å². The summed E-state index contributed by atoms with van der Waals surface area (Å²) >= 11 is 1.25. The molecule has 18 heavy (non-hydrogen) atoms. The highest BCUT2D eigenvalue weighted by Gasteiger charge is 2.08. The highest BCUT2D eigenvalue weighted by molar-refractivity contribution is 7.18. The molecule has 0 saturated heterocycles. The number of hydrogen-bond donors (Lipinski definition) is 3. The van der Waals surface area contributed by atoms with Crippen LogP contribution in [0, 0.1) is 0 Å². The molecular weight excluding hydrogens is 252 g/mol. The Morgan fingerprint density at radius 3 is 2.72 bits per heavy atom. The highest BCUT2D eigenvalue weighted by Crippen LogP contribution is 2.21. The van der Waals surface area contributed by atoms with Gasteiger partial charge >= 0.3 is 0 Å². The molecule has 0 bridgehead atoms. The molecule has 100 valence electrons. The van der Waals surface area contributed by atoms with E-state index < -0.39 is 0 Å². The predicted molar refractivity (Wildman–Crippen MR) is 71.9 cm³/mol. The third-order valence-electron chi connectivity index (χ3n) is 2.25. The number of amides is 2. The van der Waals surface area contributed by atoms with Crippen LogP contribution < -0.4 is 10.6 Å². The summed E-state index contributed by atoms with van der Waals surface area (Å²) in [5.41, 5.74) is 0. The van der Waals surface area contributed by atoms with Crippen molar-refractivity contribution in [3.63, 3.8) is 0 Å². The number of carbonyl (C=O) groups is 2. The lowest BCUT2D eigenvalue weighted by Gasteiger charge is -2.02. The third kappa shape index (κ3) is 5.29. The van der Waals surface area contributed by atoms with Crippen LogP contribution in [0.2, 0.25) is 0 Å². The molecule has 3 N–H and O–H groups in total. The molecule has 0 unspecified atom stereocenters. The summed E-state index contributed by atoms with van der Waals surface area (Å²) in [6.07, 6.45) is 2.52. The van der Waals surface area contributed by atoms with Gasteiger partial charge in [0.15, 0.2) is 0 Å². The van der Waals surface area contributed by atoms with Crippen LogP contribution >= 0.6 is 11.3 Å². The Balaban J connectivity index is 2.33. The molecule has 0 aliphatic heterocycles. The topological polar surface area (TPSA) is 78.4 Å². The van der Waals surface area contributed by atoms with Crippen LogP contribution in [0.3, 0.4) is 0 Å². The third-order valence-corrected chi connectivity index (χ3v) is 3.25. The van der Waals surface area contributed by atoms with Crippen molar-refractivity contribution in [3.8, 4) is 0 Å². The van der Waals surface area contributed by atoms with Crippen molar-refractivity contribution in [2.45, 2.75) is 26.2 Å². The van der Waals surface area contributed by atoms with Gasteiger partial charge in [-0.1, -0.05) is 0 Å². The van der Waals surface area contributed by atoms with E-state index in [4.69, 9.17) is 5.11 Å². The molecule has 0 atom stereocenters. The number of hydrogen-bond acceptors (Lipinski definition) is 4. The normalized spacial score (nSPS) is 10.1. The van der Waals surface area contributed by atoms with E-state index in [1.54, 1.807) is 12.1 Å². The second-order valence-electron chi connectivity index (χ2n) is 3.89. The van der Waals surface area contributed by atoms with Gasteiger partial charge in [-0.25, -0.2) is 0 Å². The Bertz CT molecular complexity index is 404. The molecular formula is C12H18N2O3S. The van der Waals surface area contributed by atoms with Gasteiger partial charge in [-0.05, 0) is 31.4 Å². The number of thiophene rings is 1. The molecule has 5 nitrogen and oxygen atoms in total. The summed E-state index contributed by atoms with van der Waals surface area (Å²) in [4.78, 5) is 23.1. The molecule has 1 heterocycles. The van der Waals surface area contributed by atoms with Gasteiger partial charge in [0.1, 0.15) is 0 Å². The van der Waals surface area contributed by atoms with Crippen molar-refractivity contribution in [3.05, 3.63) is 17.0 Å². The minimum absolute atomic E-state index is 0.124. The van der Waals surface area contributed by atoms with Gasteiger partial charge in [0.25, 0.3) is 5.91 Å². The maximum absolute atomic E-state index is 11.7.